The van der Waals surface area contributed by atoms with Crippen LogP contribution in [0.5, 0.6) is 0 Å². The number of ether oxygens (including phenoxy) is 1. The number of imide groups is 1. The molecular weight excluding hydrogens is 521 g/mol. The van der Waals surface area contributed by atoms with Crippen molar-refractivity contribution < 1.29 is 38.3 Å². The third-order valence-corrected chi connectivity index (χ3v) is 5.62. The molecule has 0 fully saturated rings. The topological polar surface area (TPSA) is 180 Å². The van der Waals surface area contributed by atoms with Gasteiger partial charge in [0.05, 0.1) is 6.54 Å². The summed E-state index contributed by atoms with van der Waals surface area (Å²) in [7, 11) is 4.92. The zero-order valence-electron chi connectivity index (χ0n) is 22.5. The number of hydrogen-bond donors (Lipinski definition) is 4. The molecule has 1 aromatic rings. The summed E-state index contributed by atoms with van der Waals surface area (Å²) < 4.78 is 4.68. The lowest BCUT2D eigenvalue weighted by Crippen LogP contribution is -2.53. The minimum atomic E-state index is -1.01. The molecule has 0 aliphatic carbocycles. The third kappa shape index (κ3) is 10.7. The predicted octanol–water partition coefficient (Wildman–Crippen LogP) is -0.103. The molecule has 6 amide bonds. The molecule has 0 spiro atoms. The highest BCUT2D eigenvalue weighted by Gasteiger charge is 2.27. The fraction of sp³-hybridized carbons (Fsp3) is 0.423. The monoisotopic (exact) mass is 553 g/mol. The first-order valence-electron chi connectivity index (χ1n) is 12.6. The van der Waals surface area contributed by atoms with E-state index in [1.54, 1.807) is 24.3 Å². The molecule has 4 N–H and O–H groups in total. The van der Waals surface area contributed by atoms with E-state index in [1.807, 2.05) is 13.8 Å². The third-order valence-electron chi connectivity index (χ3n) is 5.62. The van der Waals surface area contributed by atoms with E-state index >= 15 is 0 Å². The summed E-state index contributed by atoms with van der Waals surface area (Å²) in [5, 5.41) is 10.2. The maximum atomic E-state index is 12.8. The maximum Gasteiger partial charge on any atom is 0.253 e. The first-order valence-corrected chi connectivity index (χ1v) is 12.6. The van der Waals surface area contributed by atoms with Gasteiger partial charge in [-0.15, -0.1) is 0 Å². The van der Waals surface area contributed by atoms with E-state index in [4.69, 9.17) is 7.85 Å². The van der Waals surface area contributed by atoms with Crippen LogP contribution in [0.4, 0.5) is 10.5 Å². The molecule has 2 radical (unpaired) electrons. The van der Waals surface area contributed by atoms with Crippen molar-refractivity contribution in [2.75, 3.05) is 18.4 Å². The molecule has 0 saturated heterocycles. The van der Waals surface area contributed by atoms with Crippen molar-refractivity contribution in [2.45, 2.75) is 52.3 Å². The first kappa shape index (κ1) is 31.7. The minimum Gasteiger partial charge on any atom is -0.470 e. The molecule has 0 aromatic heterocycles. The Morgan fingerprint density at radius 3 is 2.10 bits per heavy atom. The molecule has 40 heavy (non-hydrogen) atoms. The average molecular weight is 553 g/mol. The zero-order valence-corrected chi connectivity index (χ0v) is 22.5. The highest BCUT2D eigenvalue weighted by molar-refractivity contribution is 6.55. The van der Waals surface area contributed by atoms with Crippen molar-refractivity contribution in [1.29, 1.82) is 0 Å². The van der Waals surface area contributed by atoms with Crippen LogP contribution < -0.4 is 21.3 Å². The second-order valence-electron chi connectivity index (χ2n) is 9.46. The lowest BCUT2D eigenvalue weighted by molar-refractivity contribution is -0.137. The van der Waals surface area contributed by atoms with Gasteiger partial charge in [0.15, 0.2) is 0 Å². The number of benzene rings is 1. The zero-order chi connectivity index (χ0) is 29.8. The predicted molar refractivity (Wildman–Crippen MR) is 143 cm³/mol. The lowest BCUT2D eigenvalue weighted by Gasteiger charge is -2.23. The Kier molecular flexibility index (Phi) is 12.1. The Balaban J connectivity index is 1.80. The summed E-state index contributed by atoms with van der Waals surface area (Å²) in [6, 6.07) is 4.47. The van der Waals surface area contributed by atoms with Gasteiger partial charge in [0.1, 0.15) is 18.7 Å². The normalized spacial score (nSPS) is 13.9. The smallest absolute Gasteiger partial charge is 0.253 e. The van der Waals surface area contributed by atoms with Gasteiger partial charge in [0.25, 0.3) is 11.8 Å². The summed E-state index contributed by atoms with van der Waals surface area (Å²) in [4.78, 5) is 84.8. The lowest BCUT2D eigenvalue weighted by atomic mass is 10.0. The average Bonchev–Trinajstić information content (AvgIpc) is 3.21. The van der Waals surface area contributed by atoms with Crippen LogP contribution in [0.1, 0.15) is 39.2 Å². The fourth-order valence-electron chi connectivity index (χ4n) is 3.58. The van der Waals surface area contributed by atoms with Gasteiger partial charge >= 0.3 is 0 Å². The number of hydrogen-bond acceptors (Lipinski definition) is 8. The van der Waals surface area contributed by atoms with Crippen molar-refractivity contribution in [2.24, 2.45) is 5.92 Å². The molecule has 13 nitrogen and oxygen atoms in total. The molecule has 1 aliphatic heterocycles. The van der Waals surface area contributed by atoms with E-state index in [1.165, 1.54) is 6.92 Å². The Hall–Kier alpha value is -4.49. The van der Waals surface area contributed by atoms with Gasteiger partial charge in [0.2, 0.25) is 37.3 Å². The molecule has 1 aromatic carbocycles. The summed E-state index contributed by atoms with van der Waals surface area (Å²) in [6.07, 6.45) is 2.34. The van der Waals surface area contributed by atoms with Crippen molar-refractivity contribution in [3.05, 3.63) is 42.0 Å². The number of amides is 6. The van der Waals surface area contributed by atoms with Gasteiger partial charge in [-0.3, -0.25) is 38.5 Å². The van der Waals surface area contributed by atoms with Crippen LogP contribution in [0.15, 0.2) is 36.4 Å². The quantitative estimate of drug-likeness (QED) is 0.182. The molecule has 1 aliphatic rings. The minimum absolute atomic E-state index is 0.0106. The molecule has 2 rings (SSSR count). The summed E-state index contributed by atoms with van der Waals surface area (Å²) in [6.45, 7) is 4.66. The van der Waals surface area contributed by atoms with Crippen molar-refractivity contribution >= 4 is 54.8 Å². The van der Waals surface area contributed by atoms with Crippen LogP contribution in [-0.2, 0) is 40.1 Å². The van der Waals surface area contributed by atoms with Gasteiger partial charge in [-0.2, -0.15) is 0 Å². The van der Waals surface area contributed by atoms with Gasteiger partial charge in [-0.05, 0) is 37.0 Å². The van der Waals surface area contributed by atoms with Crippen LogP contribution in [0.3, 0.4) is 0 Å². The molecule has 2 unspecified atom stereocenters. The Bertz CT molecular complexity index is 1150. The van der Waals surface area contributed by atoms with Gasteiger partial charge in [0, 0.05) is 30.8 Å². The Morgan fingerprint density at radius 2 is 1.52 bits per heavy atom. The molecule has 0 bridgehead atoms. The second kappa shape index (κ2) is 15.2. The highest BCUT2D eigenvalue weighted by atomic mass is 16.5. The van der Waals surface area contributed by atoms with Crippen LogP contribution in [0.2, 0.25) is 0 Å². The molecule has 212 valence electrons. The van der Waals surface area contributed by atoms with E-state index in [2.05, 4.69) is 26.0 Å². The fourth-order valence-corrected chi connectivity index (χ4v) is 3.58. The number of carbonyl (C=O) groups excluding carboxylic acids is 7. The number of nitrogens with one attached hydrogen (secondary N) is 4. The van der Waals surface area contributed by atoms with Crippen LogP contribution in [0, 0.1) is 5.92 Å². The number of anilines is 1. The highest BCUT2D eigenvalue weighted by Crippen LogP contribution is 2.11. The largest absolute Gasteiger partial charge is 0.470 e. The van der Waals surface area contributed by atoms with E-state index in [0.29, 0.717) is 11.3 Å². The molecular formula is C26H32BN5O8. The van der Waals surface area contributed by atoms with E-state index < -0.39 is 53.4 Å². The summed E-state index contributed by atoms with van der Waals surface area (Å²) in [5.41, 5.74) is 1.11. The van der Waals surface area contributed by atoms with Crippen molar-refractivity contribution in [3.8, 4) is 0 Å². The number of rotatable bonds is 14. The Labute approximate surface area is 232 Å². The second-order valence-corrected chi connectivity index (χ2v) is 9.46. The SMILES string of the molecule is [B]C(=O)OCc1ccc(NC(=O)CNC(=O)C(C)NC(=O)C(CC(C)C)NC(=O)CCN2C(=O)C=CC2=O)cc1. The Morgan fingerprint density at radius 1 is 0.900 bits per heavy atom. The van der Waals surface area contributed by atoms with E-state index in [0.717, 1.165) is 17.1 Å². The first-order chi connectivity index (χ1) is 18.8. The van der Waals surface area contributed by atoms with Gasteiger partial charge < -0.3 is 26.0 Å². The van der Waals surface area contributed by atoms with E-state index in [9.17, 15) is 33.6 Å². The van der Waals surface area contributed by atoms with Gasteiger partial charge in [-0.25, -0.2) is 0 Å². The molecule has 14 heteroatoms. The molecule has 0 saturated carbocycles. The molecule has 1 heterocycles. The van der Waals surface area contributed by atoms with Crippen LogP contribution in [-0.4, -0.2) is 79.2 Å². The summed E-state index contributed by atoms with van der Waals surface area (Å²) >= 11 is 0. The van der Waals surface area contributed by atoms with Gasteiger partial charge in [-0.1, -0.05) is 26.0 Å². The number of nitrogens with zero attached hydrogens (tertiary/aromatic N) is 1. The van der Waals surface area contributed by atoms with Crippen LogP contribution in [0.25, 0.3) is 0 Å². The maximum absolute atomic E-state index is 12.8. The standard InChI is InChI=1S/C26H32BN5O8/c1-15(2)12-19(31-20(33)10-11-32-22(35)8-9-23(32)36)25(38)29-16(3)24(37)28-13-21(34)30-18-6-4-17(5-7-18)14-40-26(27)39/h4-9,15-16,19H,10-14H2,1-3H3,(H,28,37)(H,29,38)(H,30,34)(H,31,33). The van der Waals surface area contributed by atoms with Crippen molar-refractivity contribution in [3.63, 3.8) is 0 Å². The summed E-state index contributed by atoms with van der Waals surface area (Å²) in [5.74, 6) is -4.14. The van der Waals surface area contributed by atoms with Crippen LogP contribution >= 0.6 is 0 Å². The molecule has 2 atom stereocenters. The number of carbonyl (C=O) groups is 7. The van der Waals surface area contributed by atoms with Crippen molar-refractivity contribution in [1.82, 2.24) is 20.9 Å². The van der Waals surface area contributed by atoms with E-state index in [-0.39, 0.29) is 38.5 Å².